The zero-order valence-corrected chi connectivity index (χ0v) is 9.92. The predicted molar refractivity (Wildman–Crippen MR) is 62.3 cm³/mol. The molecule has 0 amide bonds. The van der Waals surface area contributed by atoms with Crippen molar-refractivity contribution in [1.29, 1.82) is 0 Å². The molecule has 2 nitrogen and oxygen atoms in total. The van der Waals surface area contributed by atoms with Crippen LogP contribution in [0.1, 0.15) is 31.0 Å². The monoisotopic (exact) mass is 205 g/mol. The molecular formula is C13H19NO. The summed E-state index contributed by atoms with van der Waals surface area (Å²) in [6.07, 6.45) is 0. The van der Waals surface area contributed by atoms with Crippen molar-refractivity contribution in [2.24, 2.45) is 5.41 Å². The largest absolute Gasteiger partial charge is 0.496 e. The fraction of sp³-hybridized carbons (Fsp3) is 0.538. The number of rotatable bonds is 2. The molecule has 1 aromatic rings. The molecule has 1 atom stereocenters. The average molecular weight is 205 g/mol. The second-order valence-corrected chi connectivity index (χ2v) is 5.05. The van der Waals surface area contributed by atoms with Crippen LogP contribution >= 0.6 is 0 Å². The van der Waals surface area contributed by atoms with Gasteiger partial charge in [-0.3, -0.25) is 0 Å². The molecule has 1 aliphatic rings. The van der Waals surface area contributed by atoms with Crippen molar-refractivity contribution >= 4 is 0 Å². The Morgan fingerprint density at radius 3 is 2.60 bits per heavy atom. The van der Waals surface area contributed by atoms with Crippen LogP contribution in [0.3, 0.4) is 0 Å². The highest BCUT2D eigenvalue weighted by molar-refractivity contribution is 5.41. The maximum Gasteiger partial charge on any atom is 0.123 e. The molecule has 0 aliphatic carbocycles. The van der Waals surface area contributed by atoms with E-state index in [1.165, 1.54) is 11.1 Å². The minimum absolute atomic E-state index is 0.334. The van der Waals surface area contributed by atoms with Crippen LogP contribution in [0.2, 0.25) is 0 Å². The van der Waals surface area contributed by atoms with Crippen molar-refractivity contribution < 1.29 is 4.74 Å². The topological polar surface area (TPSA) is 21.3 Å². The summed E-state index contributed by atoms with van der Waals surface area (Å²) in [5.41, 5.74) is 2.91. The SMILES string of the molecule is COc1ccc(C)cc1C1NCC1(C)C. The Bertz CT molecular complexity index is 371. The van der Waals surface area contributed by atoms with Crippen LogP contribution in [-0.2, 0) is 0 Å². The van der Waals surface area contributed by atoms with E-state index < -0.39 is 0 Å². The number of hydrogen-bond donors (Lipinski definition) is 1. The third kappa shape index (κ3) is 1.74. The molecule has 2 rings (SSSR count). The van der Waals surface area contributed by atoms with Crippen molar-refractivity contribution in [3.63, 3.8) is 0 Å². The number of nitrogens with one attached hydrogen (secondary N) is 1. The molecule has 0 aromatic heterocycles. The predicted octanol–water partition coefficient (Wildman–Crippen LogP) is 2.67. The Hall–Kier alpha value is -1.02. The van der Waals surface area contributed by atoms with Crippen LogP contribution in [-0.4, -0.2) is 13.7 Å². The molecule has 1 fully saturated rings. The quantitative estimate of drug-likeness (QED) is 0.801. The summed E-state index contributed by atoms with van der Waals surface area (Å²) in [6, 6.07) is 6.79. The van der Waals surface area contributed by atoms with Crippen LogP contribution in [0.5, 0.6) is 5.75 Å². The van der Waals surface area contributed by atoms with E-state index in [1.807, 2.05) is 0 Å². The number of benzene rings is 1. The number of hydrogen-bond acceptors (Lipinski definition) is 2. The molecule has 0 spiro atoms. The van der Waals surface area contributed by atoms with Crippen molar-refractivity contribution in [2.75, 3.05) is 13.7 Å². The lowest BCUT2D eigenvalue weighted by Gasteiger charge is -2.46. The van der Waals surface area contributed by atoms with E-state index in [2.05, 4.69) is 44.3 Å². The van der Waals surface area contributed by atoms with E-state index in [-0.39, 0.29) is 0 Å². The summed E-state index contributed by atoms with van der Waals surface area (Å²) in [6.45, 7) is 7.77. The summed E-state index contributed by atoms with van der Waals surface area (Å²) < 4.78 is 5.41. The number of methoxy groups -OCH3 is 1. The van der Waals surface area contributed by atoms with Gasteiger partial charge in [-0.1, -0.05) is 31.5 Å². The lowest BCUT2D eigenvalue weighted by Crippen LogP contribution is -2.52. The zero-order valence-electron chi connectivity index (χ0n) is 9.92. The van der Waals surface area contributed by atoms with E-state index in [1.54, 1.807) is 7.11 Å². The molecule has 1 aromatic carbocycles. The van der Waals surface area contributed by atoms with Crippen LogP contribution in [0.4, 0.5) is 0 Å². The summed E-state index contributed by atoms with van der Waals surface area (Å²) in [7, 11) is 1.74. The van der Waals surface area contributed by atoms with E-state index in [0.717, 1.165) is 12.3 Å². The second kappa shape index (κ2) is 3.53. The van der Waals surface area contributed by atoms with Crippen molar-refractivity contribution in [3.8, 4) is 5.75 Å². The average Bonchev–Trinajstić information content (AvgIpc) is 2.17. The molecule has 1 heterocycles. The van der Waals surface area contributed by atoms with Crippen LogP contribution in [0, 0.1) is 12.3 Å². The summed E-state index contributed by atoms with van der Waals surface area (Å²) in [5, 5.41) is 3.47. The minimum atomic E-state index is 0.334. The first-order chi connectivity index (χ1) is 7.04. The van der Waals surface area contributed by atoms with Crippen molar-refractivity contribution in [1.82, 2.24) is 5.32 Å². The molecule has 1 unspecified atom stereocenters. The van der Waals surface area contributed by atoms with Crippen molar-refractivity contribution in [2.45, 2.75) is 26.8 Å². The Labute approximate surface area is 91.6 Å². The standard InChI is InChI=1S/C13H19NO/c1-9-5-6-11(15-4)10(7-9)12-13(2,3)8-14-12/h5-7,12,14H,8H2,1-4H3. The van der Waals surface area contributed by atoms with Gasteiger partial charge in [0.05, 0.1) is 7.11 Å². The Balaban J connectivity index is 2.38. The van der Waals surface area contributed by atoms with Gasteiger partial charge in [0.2, 0.25) is 0 Å². The third-order valence-electron chi connectivity index (χ3n) is 3.24. The molecule has 1 aliphatic heterocycles. The Morgan fingerprint density at radius 1 is 1.40 bits per heavy atom. The van der Waals surface area contributed by atoms with Gasteiger partial charge in [-0.2, -0.15) is 0 Å². The van der Waals surface area contributed by atoms with Gasteiger partial charge in [0.15, 0.2) is 0 Å². The van der Waals surface area contributed by atoms with E-state index >= 15 is 0 Å². The van der Waals surface area contributed by atoms with Crippen molar-refractivity contribution in [3.05, 3.63) is 29.3 Å². The first kappa shape index (κ1) is 10.5. The third-order valence-corrected chi connectivity index (χ3v) is 3.24. The lowest BCUT2D eigenvalue weighted by molar-refractivity contribution is 0.125. The Morgan fingerprint density at radius 2 is 2.13 bits per heavy atom. The highest BCUT2D eigenvalue weighted by Crippen LogP contribution is 2.43. The molecule has 0 bridgehead atoms. The highest BCUT2D eigenvalue weighted by Gasteiger charge is 2.40. The molecule has 15 heavy (non-hydrogen) atoms. The maximum atomic E-state index is 5.41. The van der Waals surface area contributed by atoms with Gasteiger partial charge < -0.3 is 10.1 Å². The highest BCUT2D eigenvalue weighted by atomic mass is 16.5. The molecule has 0 radical (unpaired) electrons. The van der Waals surface area contributed by atoms with Gasteiger partial charge in [-0.05, 0) is 18.4 Å². The van der Waals surface area contributed by atoms with Gasteiger partial charge in [0.1, 0.15) is 5.75 Å². The van der Waals surface area contributed by atoms with Gasteiger partial charge in [0, 0.05) is 18.2 Å². The number of aryl methyl sites for hydroxylation is 1. The van der Waals surface area contributed by atoms with Gasteiger partial charge in [0.25, 0.3) is 0 Å². The van der Waals surface area contributed by atoms with Gasteiger partial charge in [-0.15, -0.1) is 0 Å². The molecular weight excluding hydrogens is 186 g/mol. The van der Waals surface area contributed by atoms with E-state index in [4.69, 9.17) is 4.74 Å². The van der Waals surface area contributed by atoms with Crippen LogP contribution < -0.4 is 10.1 Å². The molecule has 82 valence electrons. The molecule has 0 saturated carbocycles. The first-order valence-electron chi connectivity index (χ1n) is 5.42. The fourth-order valence-corrected chi connectivity index (χ4v) is 2.22. The molecule has 1 saturated heterocycles. The molecule has 2 heteroatoms. The number of ether oxygens (including phenoxy) is 1. The van der Waals surface area contributed by atoms with Crippen LogP contribution in [0.25, 0.3) is 0 Å². The summed E-state index contributed by atoms with van der Waals surface area (Å²) in [5.74, 6) is 0.992. The van der Waals surface area contributed by atoms with E-state index in [9.17, 15) is 0 Å². The maximum absolute atomic E-state index is 5.41. The fourth-order valence-electron chi connectivity index (χ4n) is 2.22. The summed E-state index contributed by atoms with van der Waals surface area (Å²) in [4.78, 5) is 0. The zero-order chi connectivity index (χ0) is 11.1. The smallest absolute Gasteiger partial charge is 0.123 e. The van der Waals surface area contributed by atoms with Gasteiger partial charge in [-0.25, -0.2) is 0 Å². The lowest BCUT2D eigenvalue weighted by atomic mass is 9.73. The van der Waals surface area contributed by atoms with Gasteiger partial charge >= 0.3 is 0 Å². The normalized spacial score (nSPS) is 23.3. The summed E-state index contributed by atoms with van der Waals surface area (Å²) >= 11 is 0. The van der Waals surface area contributed by atoms with Crippen LogP contribution in [0.15, 0.2) is 18.2 Å². The minimum Gasteiger partial charge on any atom is -0.496 e. The Kier molecular flexibility index (Phi) is 2.47. The second-order valence-electron chi connectivity index (χ2n) is 5.05. The van der Waals surface area contributed by atoms with E-state index in [0.29, 0.717) is 11.5 Å². The first-order valence-corrected chi connectivity index (χ1v) is 5.42. The molecule has 1 N–H and O–H groups in total.